The first kappa shape index (κ1) is 30.9. The van der Waals surface area contributed by atoms with Gasteiger partial charge in [0.15, 0.2) is 0 Å². The summed E-state index contributed by atoms with van der Waals surface area (Å²) in [6.45, 7) is 8.85. The molecule has 0 saturated heterocycles. The zero-order valence-corrected chi connectivity index (χ0v) is 23.2. The van der Waals surface area contributed by atoms with E-state index >= 15 is 0 Å². The zero-order chi connectivity index (χ0) is 29.0. The van der Waals surface area contributed by atoms with Gasteiger partial charge in [-0.1, -0.05) is 61.0 Å². The molecular weight excluding hydrogens is 498 g/mol. The Morgan fingerprint density at radius 2 is 1.67 bits per heavy atom. The fourth-order valence-electron chi connectivity index (χ4n) is 3.84. The van der Waals surface area contributed by atoms with Crippen molar-refractivity contribution in [1.29, 1.82) is 0 Å². The van der Waals surface area contributed by atoms with Crippen molar-refractivity contribution in [2.45, 2.75) is 65.1 Å². The molecule has 2 atom stereocenters. The van der Waals surface area contributed by atoms with Gasteiger partial charge in [0.1, 0.15) is 17.7 Å². The van der Waals surface area contributed by atoms with Crippen molar-refractivity contribution in [1.82, 2.24) is 15.5 Å². The van der Waals surface area contributed by atoms with Gasteiger partial charge >= 0.3 is 12.1 Å². The second kappa shape index (κ2) is 14.6. The molecule has 2 aromatic rings. The van der Waals surface area contributed by atoms with Crippen LogP contribution in [0.2, 0.25) is 0 Å². The summed E-state index contributed by atoms with van der Waals surface area (Å²) >= 11 is 0. The van der Waals surface area contributed by atoms with Gasteiger partial charge in [0.05, 0.1) is 13.0 Å². The topological polar surface area (TPSA) is 114 Å². The van der Waals surface area contributed by atoms with E-state index in [1.165, 1.54) is 0 Å². The zero-order valence-electron chi connectivity index (χ0n) is 23.2. The largest absolute Gasteiger partial charge is 0.466 e. The van der Waals surface area contributed by atoms with Gasteiger partial charge in [-0.2, -0.15) is 0 Å². The normalized spacial score (nSPS) is 12.3. The van der Waals surface area contributed by atoms with Gasteiger partial charge in [-0.05, 0) is 51.3 Å². The van der Waals surface area contributed by atoms with E-state index < -0.39 is 41.6 Å². The van der Waals surface area contributed by atoms with E-state index in [4.69, 9.17) is 15.9 Å². The SMILES string of the molecule is C#CN(C(=O)C(Cc1ccccc1)NC(=O)OC(C)(C)C)C(C(=O)NCCC(=O)OCC)c1ccccc1C. The van der Waals surface area contributed by atoms with E-state index in [1.807, 2.05) is 30.3 Å². The summed E-state index contributed by atoms with van der Waals surface area (Å²) in [5.74, 6) is -1.70. The van der Waals surface area contributed by atoms with E-state index in [0.29, 0.717) is 5.56 Å². The average molecular weight is 536 g/mol. The summed E-state index contributed by atoms with van der Waals surface area (Å²) in [5, 5.41) is 5.31. The van der Waals surface area contributed by atoms with Gasteiger partial charge < -0.3 is 20.1 Å². The van der Waals surface area contributed by atoms with Crippen molar-refractivity contribution in [3.63, 3.8) is 0 Å². The van der Waals surface area contributed by atoms with Crippen LogP contribution in [0.15, 0.2) is 54.6 Å². The Morgan fingerprint density at radius 1 is 1.03 bits per heavy atom. The van der Waals surface area contributed by atoms with Crippen LogP contribution in [0.5, 0.6) is 0 Å². The number of alkyl carbamates (subject to hydrolysis) is 1. The summed E-state index contributed by atoms with van der Waals surface area (Å²) in [4.78, 5) is 52.8. The van der Waals surface area contributed by atoms with Crippen molar-refractivity contribution in [3.05, 3.63) is 71.3 Å². The number of amides is 3. The van der Waals surface area contributed by atoms with Crippen molar-refractivity contribution in [3.8, 4) is 12.5 Å². The highest BCUT2D eigenvalue weighted by atomic mass is 16.6. The summed E-state index contributed by atoms with van der Waals surface area (Å²) in [6, 6.07) is 16.2. The van der Waals surface area contributed by atoms with Crippen molar-refractivity contribution in [2.24, 2.45) is 0 Å². The summed E-state index contributed by atoms with van der Waals surface area (Å²) in [7, 11) is 0. The maximum absolute atomic E-state index is 13.9. The number of carbonyl (C=O) groups is 4. The van der Waals surface area contributed by atoms with Crippen LogP contribution in [0.4, 0.5) is 4.79 Å². The number of hydrogen-bond donors (Lipinski definition) is 2. The minimum Gasteiger partial charge on any atom is -0.466 e. The first-order valence-corrected chi connectivity index (χ1v) is 12.8. The van der Waals surface area contributed by atoms with Gasteiger partial charge in [0.25, 0.3) is 5.91 Å². The summed E-state index contributed by atoms with van der Waals surface area (Å²) in [6.07, 6.45) is 5.12. The predicted octanol–water partition coefficient (Wildman–Crippen LogP) is 3.66. The maximum Gasteiger partial charge on any atom is 0.408 e. The molecule has 3 amide bonds. The molecule has 0 radical (unpaired) electrons. The van der Waals surface area contributed by atoms with E-state index in [0.717, 1.165) is 16.0 Å². The fraction of sp³-hybridized carbons (Fsp3) is 0.400. The van der Waals surface area contributed by atoms with E-state index in [9.17, 15) is 19.2 Å². The first-order valence-electron chi connectivity index (χ1n) is 12.8. The highest BCUT2D eigenvalue weighted by Gasteiger charge is 2.36. The molecular formula is C30H37N3O6. The number of rotatable bonds is 11. The first-order chi connectivity index (χ1) is 18.5. The number of nitrogens with zero attached hydrogens (tertiary/aromatic N) is 1. The van der Waals surface area contributed by atoms with Crippen molar-refractivity contribution < 1.29 is 28.7 Å². The highest BCUT2D eigenvalue weighted by Crippen LogP contribution is 2.25. The molecule has 0 aliphatic rings. The van der Waals surface area contributed by atoms with E-state index in [-0.39, 0.29) is 26.0 Å². The molecule has 0 bridgehead atoms. The maximum atomic E-state index is 13.9. The molecule has 0 aromatic heterocycles. The monoisotopic (exact) mass is 535 g/mol. The molecule has 0 saturated carbocycles. The van der Waals surface area contributed by atoms with Crippen LogP contribution in [-0.4, -0.2) is 53.6 Å². The van der Waals surface area contributed by atoms with Gasteiger partial charge in [-0.15, -0.1) is 0 Å². The van der Waals surface area contributed by atoms with Crippen LogP contribution in [-0.2, 0) is 30.3 Å². The number of benzene rings is 2. The molecule has 208 valence electrons. The lowest BCUT2D eigenvalue weighted by Crippen LogP contribution is -2.52. The van der Waals surface area contributed by atoms with Crippen molar-refractivity contribution in [2.75, 3.05) is 13.2 Å². The van der Waals surface area contributed by atoms with Gasteiger partial charge in [-0.3, -0.25) is 19.3 Å². The smallest absolute Gasteiger partial charge is 0.408 e. The fourth-order valence-corrected chi connectivity index (χ4v) is 3.84. The molecule has 0 aliphatic carbocycles. The molecule has 0 heterocycles. The summed E-state index contributed by atoms with van der Waals surface area (Å²) in [5.41, 5.74) is 1.22. The third-order valence-electron chi connectivity index (χ3n) is 5.57. The van der Waals surface area contributed by atoms with Crippen LogP contribution in [0.1, 0.15) is 56.8 Å². The van der Waals surface area contributed by atoms with E-state index in [1.54, 1.807) is 58.9 Å². The van der Waals surface area contributed by atoms with Gasteiger partial charge in [0.2, 0.25) is 5.91 Å². The molecule has 2 N–H and O–H groups in total. The predicted molar refractivity (Wildman–Crippen MR) is 147 cm³/mol. The molecule has 0 spiro atoms. The van der Waals surface area contributed by atoms with Crippen LogP contribution in [0, 0.1) is 19.4 Å². The molecule has 9 nitrogen and oxygen atoms in total. The Hall–Kier alpha value is -4.32. The molecule has 2 rings (SSSR count). The third-order valence-corrected chi connectivity index (χ3v) is 5.57. The van der Waals surface area contributed by atoms with Gasteiger partial charge in [-0.25, -0.2) is 4.79 Å². The second-order valence-corrected chi connectivity index (χ2v) is 9.83. The number of hydrogen-bond acceptors (Lipinski definition) is 6. The van der Waals surface area contributed by atoms with Crippen molar-refractivity contribution >= 4 is 23.9 Å². The third kappa shape index (κ3) is 9.82. The Bertz CT molecular complexity index is 1180. The van der Waals surface area contributed by atoms with Gasteiger partial charge in [0, 0.05) is 19.0 Å². The van der Waals surface area contributed by atoms with Crippen LogP contribution in [0.25, 0.3) is 0 Å². The number of esters is 1. The Labute approximate surface area is 230 Å². The lowest BCUT2D eigenvalue weighted by molar-refractivity contribution is -0.143. The molecule has 39 heavy (non-hydrogen) atoms. The standard InChI is InChI=1S/C30H37N3O6/c1-7-33(26(23-17-13-12-14-21(23)3)27(35)31-19-18-25(34)38-8-2)28(36)24(20-22-15-10-9-11-16-22)32-29(37)39-30(4,5)6/h1,9-17,24,26H,8,18-20H2,2-6H3,(H,31,35)(H,32,37). The Kier molecular flexibility index (Phi) is 11.5. The minimum atomic E-state index is -1.22. The molecule has 0 fully saturated rings. The minimum absolute atomic E-state index is 0.00372. The van der Waals surface area contributed by atoms with E-state index in [2.05, 4.69) is 16.7 Å². The number of nitrogens with one attached hydrogen (secondary N) is 2. The lowest BCUT2D eigenvalue weighted by Gasteiger charge is -2.31. The Morgan fingerprint density at radius 3 is 2.26 bits per heavy atom. The second-order valence-electron chi connectivity index (χ2n) is 9.83. The average Bonchev–Trinajstić information content (AvgIpc) is 2.86. The van der Waals surface area contributed by atoms with Crippen LogP contribution < -0.4 is 10.6 Å². The number of aryl methyl sites for hydroxylation is 1. The number of terminal acetylenes is 1. The molecule has 2 unspecified atom stereocenters. The molecule has 9 heteroatoms. The number of ether oxygens (including phenoxy) is 2. The van der Waals surface area contributed by atoms with Crippen LogP contribution in [0.3, 0.4) is 0 Å². The number of carbonyl (C=O) groups excluding carboxylic acids is 4. The quantitative estimate of drug-likeness (QED) is 0.258. The highest BCUT2D eigenvalue weighted by molar-refractivity contribution is 5.93. The van der Waals surface area contributed by atoms with Crippen LogP contribution >= 0.6 is 0 Å². The molecule has 0 aliphatic heterocycles. The Balaban J connectivity index is 2.42. The summed E-state index contributed by atoms with van der Waals surface area (Å²) < 4.78 is 10.3. The lowest BCUT2D eigenvalue weighted by atomic mass is 9.97. The molecule has 2 aromatic carbocycles.